The van der Waals surface area contributed by atoms with Crippen molar-refractivity contribution in [3.63, 3.8) is 0 Å². The standard InChI is InChI=1S/C14H29BrOSi/c1-6-14(7-2,12-11-13-15)16-17(8-3,9-4)10-5/h11,13H,6-10,12H2,1-5H3/b13-11-. The van der Waals surface area contributed by atoms with E-state index in [9.17, 15) is 0 Å². The smallest absolute Gasteiger partial charge is 0.192 e. The van der Waals surface area contributed by atoms with Gasteiger partial charge in [-0.2, -0.15) is 0 Å². The molecule has 0 aliphatic heterocycles. The van der Waals surface area contributed by atoms with Crippen LogP contribution in [0.4, 0.5) is 0 Å². The first-order chi connectivity index (χ1) is 8.07. The molecule has 0 N–H and O–H groups in total. The van der Waals surface area contributed by atoms with Gasteiger partial charge < -0.3 is 4.43 Å². The molecule has 0 saturated heterocycles. The van der Waals surface area contributed by atoms with Crippen molar-refractivity contribution in [1.29, 1.82) is 0 Å². The Hall–Kier alpha value is 0.397. The molecule has 0 amide bonds. The van der Waals surface area contributed by atoms with E-state index in [4.69, 9.17) is 4.43 Å². The average molecular weight is 321 g/mol. The first-order valence-electron chi connectivity index (χ1n) is 7.02. The summed E-state index contributed by atoms with van der Waals surface area (Å²) in [7, 11) is -1.49. The summed E-state index contributed by atoms with van der Waals surface area (Å²) >= 11 is 3.37. The van der Waals surface area contributed by atoms with Crippen LogP contribution >= 0.6 is 15.9 Å². The lowest BCUT2D eigenvalue weighted by Gasteiger charge is -2.41. The van der Waals surface area contributed by atoms with Crippen LogP contribution in [0.2, 0.25) is 18.1 Å². The Labute approximate surface area is 117 Å². The van der Waals surface area contributed by atoms with E-state index in [0.29, 0.717) is 0 Å². The topological polar surface area (TPSA) is 9.23 Å². The first kappa shape index (κ1) is 17.4. The zero-order chi connectivity index (χ0) is 13.4. The Kier molecular flexibility index (Phi) is 8.69. The molecule has 0 aromatic carbocycles. The molecule has 0 heterocycles. The maximum Gasteiger partial charge on any atom is 0.192 e. The van der Waals surface area contributed by atoms with E-state index >= 15 is 0 Å². The van der Waals surface area contributed by atoms with Crippen molar-refractivity contribution >= 4 is 24.2 Å². The minimum Gasteiger partial charge on any atom is -0.411 e. The van der Waals surface area contributed by atoms with Crippen LogP contribution in [0.15, 0.2) is 11.1 Å². The molecule has 3 heteroatoms. The summed E-state index contributed by atoms with van der Waals surface area (Å²) in [5.74, 6) is 0. The van der Waals surface area contributed by atoms with Gasteiger partial charge in [-0.3, -0.25) is 0 Å². The molecule has 17 heavy (non-hydrogen) atoms. The highest BCUT2D eigenvalue weighted by molar-refractivity contribution is 9.11. The van der Waals surface area contributed by atoms with Gasteiger partial charge in [-0.15, -0.1) is 0 Å². The first-order valence-corrected chi connectivity index (χ1v) is 10.5. The molecule has 102 valence electrons. The molecule has 0 saturated carbocycles. The second kappa shape index (κ2) is 8.49. The molecule has 0 aliphatic rings. The molecule has 1 nitrogen and oxygen atoms in total. The maximum absolute atomic E-state index is 6.74. The molecule has 0 atom stereocenters. The van der Waals surface area contributed by atoms with Crippen LogP contribution in [-0.4, -0.2) is 13.9 Å². The Bertz CT molecular complexity index is 212. The van der Waals surface area contributed by atoms with Crippen LogP contribution in [0.25, 0.3) is 0 Å². The van der Waals surface area contributed by atoms with Gasteiger partial charge in [-0.05, 0) is 42.4 Å². The third-order valence-electron chi connectivity index (χ3n) is 4.23. The van der Waals surface area contributed by atoms with E-state index in [1.165, 1.54) is 18.1 Å². The monoisotopic (exact) mass is 320 g/mol. The van der Waals surface area contributed by atoms with Gasteiger partial charge in [0.05, 0.1) is 5.60 Å². The number of rotatable bonds is 9. The summed E-state index contributed by atoms with van der Waals surface area (Å²) in [6, 6.07) is 3.71. The highest BCUT2D eigenvalue weighted by atomic mass is 79.9. The van der Waals surface area contributed by atoms with E-state index in [0.717, 1.165) is 19.3 Å². The fourth-order valence-electron chi connectivity index (χ4n) is 2.41. The molecular weight excluding hydrogens is 292 g/mol. The van der Waals surface area contributed by atoms with Gasteiger partial charge in [0.25, 0.3) is 0 Å². The minimum atomic E-state index is -1.49. The Morgan fingerprint density at radius 2 is 1.47 bits per heavy atom. The van der Waals surface area contributed by atoms with E-state index in [-0.39, 0.29) is 5.60 Å². The lowest BCUT2D eigenvalue weighted by atomic mass is 9.94. The molecule has 0 fully saturated rings. The lowest BCUT2D eigenvalue weighted by molar-refractivity contribution is 0.0505. The van der Waals surface area contributed by atoms with Crippen LogP contribution in [0.3, 0.4) is 0 Å². The summed E-state index contributed by atoms with van der Waals surface area (Å²) in [5.41, 5.74) is 0.0680. The van der Waals surface area contributed by atoms with Crippen molar-refractivity contribution in [3.05, 3.63) is 11.1 Å². The Balaban J connectivity index is 4.93. The quantitative estimate of drug-likeness (QED) is 0.483. The zero-order valence-electron chi connectivity index (χ0n) is 12.2. The number of hydrogen-bond donors (Lipinski definition) is 0. The maximum atomic E-state index is 6.74. The third-order valence-corrected chi connectivity index (χ3v) is 9.34. The summed E-state index contributed by atoms with van der Waals surface area (Å²) < 4.78 is 6.74. The van der Waals surface area contributed by atoms with Crippen LogP contribution < -0.4 is 0 Å². The molecule has 0 bridgehead atoms. The second-order valence-corrected chi connectivity index (χ2v) is 10.0. The largest absolute Gasteiger partial charge is 0.411 e. The summed E-state index contributed by atoms with van der Waals surface area (Å²) in [4.78, 5) is 1.96. The van der Waals surface area contributed by atoms with E-state index < -0.39 is 8.32 Å². The van der Waals surface area contributed by atoms with Gasteiger partial charge >= 0.3 is 0 Å². The van der Waals surface area contributed by atoms with Gasteiger partial charge in [0.15, 0.2) is 8.32 Å². The molecule has 0 unspecified atom stereocenters. The fraction of sp³-hybridized carbons (Fsp3) is 0.857. The highest BCUT2D eigenvalue weighted by Crippen LogP contribution is 2.34. The fourth-order valence-corrected chi connectivity index (χ4v) is 5.82. The molecule has 0 aromatic rings. The van der Waals surface area contributed by atoms with Gasteiger partial charge in [-0.1, -0.05) is 56.6 Å². The molecule has 0 aliphatic carbocycles. The zero-order valence-corrected chi connectivity index (χ0v) is 14.8. The lowest BCUT2D eigenvalue weighted by Crippen LogP contribution is -2.46. The van der Waals surface area contributed by atoms with Crippen molar-refractivity contribution in [3.8, 4) is 0 Å². The van der Waals surface area contributed by atoms with E-state index in [2.05, 4.69) is 56.6 Å². The minimum absolute atomic E-state index is 0.0680. The predicted molar refractivity (Wildman–Crippen MR) is 84.3 cm³/mol. The molecular formula is C14H29BrOSi. The van der Waals surface area contributed by atoms with E-state index in [1.807, 2.05) is 4.99 Å². The van der Waals surface area contributed by atoms with Crippen molar-refractivity contribution in [1.82, 2.24) is 0 Å². The van der Waals surface area contributed by atoms with Gasteiger partial charge in [-0.25, -0.2) is 0 Å². The third kappa shape index (κ3) is 4.88. The highest BCUT2D eigenvalue weighted by Gasteiger charge is 2.38. The normalized spacial score (nSPS) is 13.5. The van der Waals surface area contributed by atoms with Gasteiger partial charge in [0.2, 0.25) is 0 Å². The predicted octanol–water partition coefficient (Wildman–Crippen LogP) is 5.87. The SMILES string of the molecule is CCC(CC)(C/C=C\Br)O[Si](CC)(CC)CC. The molecule has 0 spiro atoms. The summed E-state index contributed by atoms with van der Waals surface area (Å²) in [6.45, 7) is 11.4. The Morgan fingerprint density at radius 1 is 1.00 bits per heavy atom. The van der Waals surface area contributed by atoms with E-state index in [1.54, 1.807) is 0 Å². The summed E-state index contributed by atoms with van der Waals surface area (Å²) in [5, 5.41) is 0. The Morgan fingerprint density at radius 3 is 1.76 bits per heavy atom. The van der Waals surface area contributed by atoms with Gasteiger partial charge in [0, 0.05) is 0 Å². The van der Waals surface area contributed by atoms with Crippen molar-refractivity contribution in [2.45, 2.75) is 77.6 Å². The van der Waals surface area contributed by atoms with Gasteiger partial charge in [0.1, 0.15) is 0 Å². The van der Waals surface area contributed by atoms with Crippen molar-refractivity contribution in [2.75, 3.05) is 0 Å². The molecule has 0 rings (SSSR count). The van der Waals surface area contributed by atoms with Crippen LogP contribution in [-0.2, 0) is 4.43 Å². The van der Waals surface area contributed by atoms with Crippen molar-refractivity contribution in [2.24, 2.45) is 0 Å². The number of hydrogen-bond acceptors (Lipinski definition) is 1. The molecule has 0 aromatic heterocycles. The van der Waals surface area contributed by atoms with Crippen LogP contribution in [0.1, 0.15) is 53.9 Å². The number of halogens is 1. The second-order valence-electron chi connectivity index (χ2n) is 4.80. The van der Waals surface area contributed by atoms with Crippen LogP contribution in [0.5, 0.6) is 0 Å². The van der Waals surface area contributed by atoms with Crippen LogP contribution in [0, 0.1) is 0 Å². The van der Waals surface area contributed by atoms with Crippen molar-refractivity contribution < 1.29 is 4.43 Å². The average Bonchev–Trinajstić information content (AvgIpc) is 2.41. The molecule has 0 radical (unpaired) electrons. The summed E-state index contributed by atoms with van der Waals surface area (Å²) in [6.07, 6.45) is 5.43.